The predicted octanol–water partition coefficient (Wildman–Crippen LogP) is 8.85. The molecule has 1 N–H and O–H groups in total. The van der Waals surface area contributed by atoms with Gasteiger partial charge in [-0.05, 0) is 52.4 Å². The van der Waals surface area contributed by atoms with Crippen LogP contribution in [0.4, 0.5) is 0 Å². The van der Waals surface area contributed by atoms with E-state index in [1.165, 1.54) is 13.2 Å². The zero-order chi connectivity index (χ0) is 33.8. The van der Waals surface area contributed by atoms with Crippen molar-refractivity contribution in [2.24, 2.45) is 0 Å². The number of rotatable bonds is 15. The number of ketones is 1. The van der Waals surface area contributed by atoms with Crippen molar-refractivity contribution < 1.29 is 19.1 Å². The highest BCUT2D eigenvalue weighted by Gasteiger charge is 2.35. The normalized spacial score (nSPS) is 11.7. The molecule has 0 saturated carbocycles. The van der Waals surface area contributed by atoms with Gasteiger partial charge in [0.2, 0.25) is 0 Å². The molecule has 0 atom stereocenters. The van der Waals surface area contributed by atoms with E-state index in [1.54, 1.807) is 18.2 Å². The zero-order valence-electron chi connectivity index (χ0n) is 26.7. The van der Waals surface area contributed by atoms with Gasteiger partial charge in [-0.3, -0.25) is 10.1 Å². The third kappa shape index (κ3) is 8.30. The third-order valence-corrected chi connectivity index (χ3v) is 8.91. The lowest BCUT2D eigenvalue weighted by Crippen LogP contribution is -2.46. The number of carbonyl (C=O) groups excluding carboxylic acids is 2. The van der Waals surface area contributed by atoms with E-state index in [4.69, 9.17) is 32.7 Å². The molecule has 5 aromatic carbocycles. The Hall–Kier alpha value is -4.52. The summed E-state index contributed by atoms with van der Waals surface area (Å²) in [5, 5.41) is 4.51. The molecule has 0 heterocycles. The van der Waals surface area contributed by atoms with Gasteiger partial charge in [-0.25, -0.2) is 4.79 Å². The number of hydrogen-bond donors (Lipinski definition) is 1. The summed E-state index contributed by atoms with van der Waals surface area (Å²) in [5.41, 5.74) is 5.05. The molecule has 5 rings (SSSR count). The summed E-state index contributed by atoms with van der Waals surface area (Å²) in [6.07, 6.45) is 1.91. The minimum Gasteiger partial charge on any atom is -0.465 e. The van der Waals surface area contributed by atoms with E-state index in [2.05, 4.69) is 78.1 Å². The summed E-state index contributed by atoms with van der Waals surface area (Å²) in [6.45, 7) is 1.41. The quantitative estimate of drug-likeness (QED) is 0.0300. The average Bonchev–Trinajstić information content (AvgIpc) is 3.13. The van der Waals surface area contributed by atoms with Crippen molar-refractivity contribution in [2.75, 3.05) is 20.3 Å². The molecule has 7 heteroatoms. The molecule has 5 aromatic rings. The van der Waals surface area contributed by atoms with E-state index in [1.807, 2.05) is 42.5 Å². The van der Waals surface area contributed by atoms with Gasteiger partial charge >= 0.3 is 5.97 Å². The number of aryl methyl sites for hydroxylation is 1. The van der Waals surface area contributed by atoms with Gasteiger partial charge in [-0.15, -0.1) is 0 Å². The number of carbonyl (C=O) groups is 2. The molecular weight excluding hydrogens is 641 g/mol. The van der Waals surface area contributed by atoms with Crippen LogP contribution >= 0.6 is 23.2 Å². The summed E-state index contributed by atoms with van der Waals surface area (Å²) in [5.74, 6) is -1.10. The molecule has 0 aliphatic rings. The lowest BCUT2D eigenvalue weighted by atomic mass is 9.77. The fourth-order valence-corrected chi connectivity index (χ4v) is 6.35. The van der Waals surface area contributed by atoms with Crippen molar-refractivity contribution in [3.8, 4) is 0 Å². The molecule has 0 aromatic heterocycles. The number of benzene rings is 5. The second-order valence-corrected chi connectivity index (χ2v) is 12.0. The van der Waals surface area contributed by atoms with Crippen LogP contribution < -0.4 is 5.32 Å². The Kier molecular flexibility index (Phi) is 12.4. The first kappa shape index (κ1) is 34.8. The van der Waals surface area contributed by atoms with Crippen molar-refractivity contribution >= 4 is 41.0 Å². The first-order valence-corrected chi connectivity index (χ1v) is 16.5. The largest absolute Gasteiger partial charge is 0.465 e. The Labute approximate surface area is 292 Å². The Morgan fingerprint density at radius 2 is 1.19 bits per heavy atom. The van der Waals surface area contributed by atoms with Crippen LogP contribution in [-0.2, 0) is 37.6 Å². The Morgan fingerprint density at radius 1 is 0.688 bits per heavy atom. The van der Waals surface area contributed by atoms with Crippen LogP contribution in [0.2, 0.25) is 10.0 Å². The summed E-state index contributed by atoms with van der Waals surface area (Å²) in [6, 6.07) is 44.2. The second-order valence-electron chi connectivity index (χ2n) is 11.2. The molecule has 0 bridgehead atoms. The highest BCUT2D eigenvalue weighted by atomic mass is 35.5. The molecule has 0 aliphatic heterocycles. The molecule has 0 saturated heterocycles. The minimum absolute atomic E-state index is 0.0926. The van der Waals surface area contributed by atoms with Crippen molar-refractivity contribution in [3.05, 3.63) is 182 Å². The molecule has 0 amide bonds. The maximum Gasteiger partial charge on any atom is 0.341 e. The van der Waals surface area contributed by atoms with E-state index in [9.17, 15) is 9.59 Å². The average molecular weight is 679 g/mol. The van der Waals surface area contributed by atoms with Crippen molar-refractivity contribution in [1.29, 1.82) is 0 Å². The van der Waals surface area contributed by atoms with Crippen LogP contribution in [-0.4, -0.2) is 32.0 Å². The summed E-state index contributed by atoms with van der Waals surface area (Å²) in [7, 11) is 1.24. The lowest BCUT2D eigenvalue weighted by Gasteiger charge is -2.37. The van der Waals surface area contributed by atoms with Crippen LogP contribution in [0.15, 0.2) is 139 Å². The zero-order valence-corrected chi connectivity index (χ0v) is 28.2. The standard InChI is InChI=1S/C41H37Cl2NO4/c1-47-40(46)36(28-35-37(42)22-13-23-38(35)43)39(45)25-24-30-14-11-12-15-31(30)29-48-27-26-44-41(32-16-5-2-6-17-32,33-18-7-3-8-19-33)34-20-9-4-10-21-34/h2-23,28,44H,24-27,29H2,1H3. The molecular formula is C41H37Cl2NO4. The fraction of sp³-hybridized carbons (Fsp3) is 0.171. The maximum atomic E-state index is 13.3. The van der Waals surface area contributed by atoms with Crippen LogP contribution in [0.25, 0.3) is 6.08 Å². The SMILES string of the molecule is COC(=O)C(=Cc1c(Cl)cccc1Cl)C(=O)CCc1ccccc1COCCNC(c1ccccc1)(c1ccccc1)c1ccccc1. The van der Waals surface area contributed by atoms with Crippen LogP contribution in [0.3, 0.4) is 0 Å². The number of hydrogen-bond acceptors (Lipinski definition) is 5. The van der Waals surface area contributed by atoms with Gasteiger partial charge in [0.25, 0.3) is 0 Å². The van der Waals surface area contributed by atoms with E-state index in [0.29, 0.717) is 41.8 Å². The van der Waals surface area contributed by atoms with Crippen molar-refractivity contribution in [2.45, 2.75) is 25.0 Å². The third-order valence-electron chi connectivity index (χ3n) is 8.25. The predicted molar refractivity (Wildman–Crippen MR) is 193 cm³/mol. The minimum atomic E-state index is -0.738. The summed E-state index contributed by atoms with van der Waals surface area (Å²) >= 11 is 12.6. The van der Waals surface area contributed by atoms with Gasteiger partial charge in [-0.1, -0.05) is 145 Å². The summed E-state index contributed by atoms with van der Waals surface area (Å²) in [4.78, 5) is 25.9. The Bertz CT molecular complexity index is 1730. The first-order valence-electron chi connectivity index (χ1n) is 15.8. The van der Waals surface area contributed by atoms with Crippen molar-refractivity contribution in [3.63, 3.8) is 0 Å². The summed E-state index contributed by atoms with van der Waals surface area (Å²) < 4.78 is 11.1. The van der Waals surface area contributed by atoms with Gasteiger partial charge in [0, 0.05) is 28.6 Å². The van der Waals surface area contributed by atoms with Gasteiger partial charge < -0.3 is 9.47 Å². The monoisotopic (exact) mass is 677 g/mol. The Morgan fingerprint density at radius 3 is 1.71 bits per heavy atom. The number of halogens is 2. The highest BCUT2D eigenvalue weighted by Crippen LogP contribution is 2.36. The molecule has 244 valence electrons. The van der Waals surface area contributed by atoms with E-state index < -0.39 is 11.5 Å². The second kappa shape index (κ2) is 17.0. The highest BCUT2D eigenvalue weighted by molar-refractivity contribution is 6.37. The van der Waals surface area contributed by atoms with Crippen LogP contribution in [0, 0.1) is 0 Å². The van der Waals surface area contributed by atoms with Gasteiger partial charge in [0.15, 0.2) is 5.78 Å². The smallest absolute Gasteiger partial charge is 0.341 e. The fourth-order valence-electron chi connectivity index (χ4n) is 5.84. The number of Topliss-reactive ketones (excluding diaryl/α,β-unsaturated/α-hetero) is 1. The number of nitrogens with one attached hydrogen (secondary N) is 1. The number of methoxy groups -OCH3 is 1. The first-order chi connectivity index (χ1) is 23.4. The molecule has 0 unspecified atom stereocenters. The molecule has 5 nitrogen and oxygen atoms in total. The van der Waals surface area contributed by atoms with E-state index in [0.717, 1.165) is 27.8 Å². The van der Waals surface area contributed by atoms with Gasteiger partial charge in [-0.2, -0.15) is 0 Å². The van der Waals surface area contributed by atoms with Crippen LogP contribution in [0.1, 0.15) is 39.8 Å². The Balaban J connectivity index is 1.27. The lowest BCUT2D eigenvalue weighted by molar-refractivity contribution is -0.137. The number of ether oxygens (including phenoxy) is 2. The topological polar surface area (TPSA) is 64.6 Å². The molecule has 0 spiro atoms. The maximum absolute atomic E-state index is 13.3. The van der Waals surface area contributed by atoms with Crippen LogP contribution in [0.5, 0.6) is 0 Å². The van der Waals surface area contributed by atoms with Gasteiger partial charge in [0.05, 0.1) is 25.9 Å². The van der Waals surface area contributed by atoms with E-state index >= 15 is 0 Å². The van der Waals surface area contributed by atoms with E-state index in [-0.39, 0.29) is 17.8 Å². The molecule has 0 radical (unpaired) electrons. The molecule has 0 fully saturated rings. The number of esters is 1. The van der Waals surface area contributed by atoms with Gasteiger partial charge in [0.1, 0.15) is 5.57 Å². The molecule has 48 heavy (non-hydrogen) atoms. The van der Waals surface area contributed by atoms with Crippen molar-refractivity contribution in [1.82, 2.24) is 5.32 Å². The molecule has 0 aliphatic carbocycles.